The molecule has 4 aromatic rings. The third kappa shape index (κ3) is 4.25. The Morgan fingerprint density at radius 2 is 0.703 bits per heavy atom. The van der Waals surface area contributed by atoms with Gasteiger partial charge in [0.05, 0.1) is 22.3 Å². The van der Waals surface area contributed by atoms with Crippen LogP contribution in [0.15, 0.2) is 84.9 Å². The van der Waals surface area contributed by atoms with Crippen LogP contribution in [0.25, 0.3) is 0 Å². The van der Waals surface area contributed by atoms with Gasteiger partial charge in [0.25, 0.3) is 0 Å². The average molecular weight is 494 g/mol. The van der Waals surface area contributed by atoms with E-state index in [9.17, 15) is 19.2 Å². The van der Waals surface area contributed by atoms with Crippen LogP contribution in [0, 0.1) is 0 Å². The predicted molar refractivity (Wildman–Crippen MR) is 125 cm³/mol. The van der Waals surface area contributed by atoms with Crippen LogP contribution >= 0.6 is 0 Å². The minimum atomic E-state index is -0.710. The highest BCUT2D eigenvalue weighted by Gasteiger charge is 2.31. The molecule has 2 heterocycles. The van der Waals surface area contributed by atoms with Crippen molar-refractivity contribution in [2.75, 3.05) is 0 Å². The molecule has 0 fully saturated rings. The lowest BCUT2D eigenvalue weighted by Gasteiger charge is -2.11. The van der Waals surface area contributed by atoms with E-state index in [2.05, 4.69) is 9.47 Å². The molecule has 37 heavy (non-hydrogen) atoms. The van der Waals surface area contributed by atoms with Crippen molar-refractivity contribution in [1.29, 1.82) is 0 Å². The fourth-order valence-corrected chi connectivity index (χ4v) is 3.87. The Bertz CT molecular complexity index is 1520. The molecule has 2 aliphatic rings. The Balaban J connectivity index is 1.17. The molecule has 0 radical (unpaired) electrons. The first kappa shape index (κ1) is 22.1. The Hall–Kier alpha value is -5.44. The summed E-state index contributed by atoms with van der Waals surface area (Å²) in [5, 5.41) is 0. The summed E-state index contributed by atoms with van der Waals surface area (Å²) in [5.41, 5.74) is 0.701. The molecule has 6 rings (SSSR count). The first-order valence-corrected chi connectivity index (χ1v) is 11.0. The van der Waals surface area contributed by atoms with Crippen molar-refractivity contribution in [3.63, 3.8) is 0 Å². The lowest BCUT2D eigenvalue weighted by atomic mass is 10.1. The molecule has 9 nitrogen and oxygen atoms in total. The number of hydrogen-bond acceptors (Lipinski definition) is 9. The minimum Gasteiger partial charge on any atom is -0.457 e. The molecule has 0 unspecified atom stereocenters. The highest BCUT2D eigenvalue weighted by Crippen LogP contribution is 2.33. The van der Waals surface area contributed by atoms with Crippen LogP contribution in [0.1, 0.15) is 41.4 Å². The molecule has 0 N–H and O–H groups in total. The van der Waals surface area contributed by atoms with Crippen molar-refractivity contribution in [2.24, 2.45) is 0 Å². The van der Waals surface area contributed by atoms with E-state index in [4.69, 9.17) is 14.2 Å². The van der Waals surface area contributed by atoms with Crippen LogP contribution in [0.3, 0.4) is 0 Å². The molecule has 0 saturated carbocycles. The van der Waals surface area contributed by atoms with Crippen molar-refractivity contribution in [3.8, 4) is 34.5 Å². The number of fused-ring (bicyclic) bond motifs is 2. The number of esters is 4. The van der Waals surface area contributed by atoms with Gasteiger partial charge >= 0.3 is 23.9 Å². The van der Waals surface area contributed by atoms with E-state index in [0.29, 0.717) is 34.5 Å². The molecule has 0 aromatic heterocycles. The molecule has 0 saturated heterocycles. The predicted octanol–water partition coefficient (Wildman–Crippen LogP) is 5.68. The zero-order valence-corrected chi connectivity index (χ0v) is 18.8. The molecule has 0 atom stereocenters. The summed E-state index contributed by atoms with van der Waals surface area (Å²) in [4.78, 5) is 46.8. The second kappa shape index (κ2) is 8.65. The number of benzene rings is 4. The third-order valence-corrected chi connectivity index (χ3v) is 5.55. The summed E-state index contributed by atoms with van der Waals surface area (Å²) in [6.07, 6.45) is 0. The summed E-state index contributed by atoms with van der Waals surface area (Å²) in [5.74, 6) is -0.215. The largest absolute Gasteiger partial charge is 0.457 e. The van der Waals surface area contributed by atoms with Crippen LogP contribution in [0.4, 0.5) is 0 Å². The monoisotopic (exact) mass is 494 g/mol. The second-order valence-corrected chi connectivity index (χ2v) is 8.02. The summed E-state index contributed by atoms with van der Waals surface area (Å²) >= 11 is 0. The Morgan fingerprint density at radius 3 is 1.08 bits per heavy atom. The summed E-state index contributed by atoms with van der Waals surface area (Å²) < 4.78 is 26.8. The van der Waals surface area contributed by atoms with Crippen LogP contribution < -0.4 is 14.2 Å². The van der Waals surface area contributed by atoms with Gasteiger partial charge in [0.2, 0.25) is 0 Å². The van der Waals surface area contributed by atoms with Crippen LogP contribution in [-0.2, 0) is 9.47 Å². The van der Waals surface area contributed by atoms with Gasteiger partial charge in [0.15, 0.2) is 0 Å². The highest BCUT2D eigenvalue weighted by atomic mass is 16.6. The Morgan fingerprint density at radius 1 is 0.378 bits per heavy atom. The highest BCUT2D eigenvalue weighted by molar-refractivity contribution is 6.15. The summed E-state index contributed by atoms with van der Waals surface area (Å²) in [6, 6.07) is 22.7. The number of carbonyl (C=O) groups is 4. The van der Waals surface area contributed by atoms with Crippen molar-refractivity contribution in [2.45, 2.75) is 0 Å². The van der Waals surface area contributed by atoms with Crippen LogP contribution in [0.5, 0.6) is 34.5 Å². The van der Waals surface area contributed by atoms with Gasteiger partial charge in [-0.2, -0.15) is 0 Å². The molecule has 180 valence electrons. The molecule has 9 heteroatoms. The number of rotatable bonds is 6. The van der Waals surface area contributed by atoms with Gasteiger partial charge in [-0.25, -0.2) is 19.2 Å². The number of cyclic esters (lactones) is 4. The number of carbonyl (C=O) groups excluding carboxylic acids is 4. The SMILES string of the molecule is O=C1OC(=O)c2cc(Oc3cccc(Oc4cccc(Oc5ccc6c(c5)C(=O)OC6=O)c4)c3)ccc21. The van der Waals surface area contributed by atoms with Crippen LogP contribution in [0.2, 0.25) is 0 Å². The van der Waals surface area contributed by atoms with Crippen molar-refractivity contribution < 1.29 is 42.9 Å². The van der Waals surface area contributed by atoms with Gasteiger partial charge in [-0.15, -0.1) is 0 Å². The standard InChI is InChI=1S/C28H14O9/c29-25-21-9-7-19(13-23(21)27(31)36-25)34-17-5-1-3-15(11-17)33-16-4-2-6-18(12-16)35-20-8-10-22-24(14-20)28(32)37-26(22)30/h1-14H. The van der Waals surface area contributed by atoms with Crippen LogP contribution in [-0.4, -0.2) is 23.9 Å². The number of ether oxygens (including phenoxy) is 5. The van der Waals surface area contributed by atoms with E-state index in [-0.39, 0.29) is 22.3 Å². The Labute approximate surface area is 208 Å². The van der Waals surface area contributed by atoms with E-state index in [0.717, 1.165) is 0 Å². The molecule has 0 aliphatic carbocycles. The third-order valence-electron chi connectivity index (χ3n) is 5.55. The van der Waals surface area contributed by atoms with Gasteiger partial charge in [-0.3, -0.25) is 0 Å². The maximum Gasteiger partial charge on any atom is 0.347 e. The normalized spacial score (nSPS) is 13.5. The average Bonchev–Trinajstić information content (AvgIpc) is 3.32. The Kier molecular flexibility index (Phi) is 5.16. The van der Waals surface area contributed by atoms with Gasteiger partial charge in [0.1, 0.15) is 34.5 Å². The topological polar surface area (TPSA) is 114 Å². The molecule has 0 bridgehead atoms. The molecule has 2 aliphatic heterocycles. The fraction of sp³-hybridized carbons (Fsp3) is 0. The maximum atomic E-state index is 11.8. The molecule has 4 aromatic carbocycles. The van der Waals surface area contributed by atoms with Crippen molar-refractivity contribution >= 4 is 23.9 Å². The number of hydrogen-bond donors (Lipinski definition) is 0. The minimum absolute atomic E-state index is 0.151. The lowest BCUT2D eigenvalue weighted by Crippen LogP contribution is -1.96. The zero-order chi connectivity index (χ0) is 25.5. The van der Waals surface area contributed by atoms with Gasteiger partial charge < -0.3 is 23.7 Å². The molecule has 0 spiro atoms. The van der Waals surface area contributed by atoms with E-state index >= 15 is 0 Å². The molecular formula is C28H14O9. The van der Waals surface area contributed by atoms with E-state index in [1.807, 2.05) is 0 Å². The fourth-order valence-electron chi connectivity index (χ4n) is 3.87. The van der Waals surface area contributed by atoms with E-state index < -0.39 is 23.9 Å². The first-order chi connectivity index (χ1) is 17.9. The van der Waals surface area contributed by atoms with Gasteiger partial charge in [0, 0.05) is 12.1 Å². The molecule has 0 amide bonds. The van der Waals surface area contributed by atoms with Crippen molar-refractivity contribution in [1.82, 2.24) is 0 Å². The quantitative estimate of drug-likeness (QED) is 0.246. The van der Waals surface area contributed by atoms with Gasteiger partial charge in [-0.1, -0.05) is 12.1 Å². The summed E-state index contributed by atoms with van der Waals surface area (Å²) in [7, 11) is 0. The first-order valence-electron chi connectivity index (χ1n) is 11.0. The molecular weight excluding hydrogens is 480 g/mol. The zero-order valence-electron chi connectivity index (χ0n) is 18.8. The summed E-state index contributed by atoms with van der Waals surface area (Å²) in [6.45, 7) is 0. The van der Waals surface area contributed by atoms with E-state index in [1.165, 1.54) is 24.3 Å². The van der Waals surface area contributed by atoms with E-state index in [1.54, 1.807) is 60.7 Å². The maximum absolute atomic E-state index is 11.8. The lowest BCUT2D eigenvalue weighted by molar-refractivity contribution is 0.0425. The second-order valence-electron chi connectivity index (χ2n) is 8.02. The van der Waals surface area contributed by atoms with Crippen molar-refractivity contribution in [3.05, 3.63) is 107 Å². The van der Waals surface area contributed by atoms with Gasteiger partial charge in [-0.05, 0) is 60.7 Å². The smallest absolute Gasteiger partial charge is 0.347 e.